The molecule has 0 aromatic carbocycles. The van der Waals surface area contributed by atoms with Gasteiger partial charge in [0, 0.05) is 38.0 Å². The topological polar surface area (TPSA) is 59.0 Å². The number of nitrogens with one attached hydrogen (secondary N) is 1. The number of hydrogen-bond donors (Lipinski definition) is 1. The van der Waals surface area contributed by atoms with E-state index in [9.17, 15) is 13.2 Å². The van der Waals surface area contributed by atoms with Gasteiger partial charge < -0.3 is 19.7 Å². The van der Waals surface area contributed by atoms with Crippen molar-refractivity contribution >= 4 is 29.9 Å². The summed E-state index contributed by atoms with van der Waals surface area (Å²) in [7, 11) is 0. The predicted octanol–water partition coefficient (Wildman–Crippen LogP) is 3.61. The number of likely N-dealkylation sites (tertiary alicyclic amines) is 1. The van der Waals surface area contributed by atoms with Crippen molar-refractivity contribution < 1.29 is 22.6 Å². The monoisotopic (exact) mass is 516 g/mol. The van der Waals surface area contributed by atoms with Crippen LogP contribution in [0.2, 0.25) is 0 Å². The SMILES string of the molecule is CCNC(=NCc1cccnc1OCC(F)(F)F)N1CCC(OCC)CC1.I. The molecule has 0 bridgehead atoms. The van der Waals surface area contributed by atoms with Gasteiger partial charge in [0.05, 0.1) is 12.6 Å². The van der Waals surface area contributed by atoms with Crippen LogP contribution < -0.4 is 10.1 Å². The molecule has 1 N–H and O–H groups in total. The average Bonchev–Trinajstić information content (AvgIpc) is 2.64. The van der Waals surface area contributed by atoms with Crippen LogP contribution in [-0.4, -0.2) is 61.0 Å². The summed E-state index contributed by atoms with van der Waals surface area (Å²) in [5, 5.41) is 3.24. The smallest absolute Gasteiger partial charge is 0.422 e. The zero-order valence-corrected chi connectivity index (χ0v) is 18.5. The minimum atomic E-state index is -4.40. The van der Waals surface area contributed by atoms with E-state index in [0.29, 0.717) is 18.7 Å². The number of piperidine rings is 1. The van der Waals surface area contributed by atoms with Gasteiger partial charge in [-0.05, 0) is 32.8 Å². The number of pyridine rings is 1. The maximum Gasteiger partial charge on any atom is 0.422 e. The lowest BCUT2D eigenvalue weighted by Gasteiger charge is -2.34. The zero-order chi connectivity index (χ0) is 19.7. The van der Waals surface area contributed by atoms with E-state index in [2.05, 4.69) is 20.2 Å². The first-order valence-electron chi connectivity index (χ1n) is 9.21. The molecule has 10 heteroatoms. The number of ether oxygens (including phenoxy) is 2. The minimum absolute atomic E-state index is 0. The molecule has 1 aromatic rings. The summed E-state index contributed by atoms with van der Waals surface area (Å²) in [5.41, 5.74) is 0.515. The summed E-state index contributed by atoms with van der Waals surface area (Å²) in [6, 6.07) is 3.33. The van der Waals surface area contributed by atoms with Crippen LogP contribution in [0.1, 0.15) is 32.3 Å². The number of rotatable bonds is 7. The van der Waals surface area contributed by atoms with Crippen molar-refractivity contribution in [2.24, 2.45) is 4.99 Å². The number of aromatic nitrogens is 1. The second kappa shape index (κ2) is 12.3. The Hall–Kier alpha value is -1.30. The van der Waals surface area contributed by atoms with Crippen LogP contribution in [0.3, 0.4) is 0 Å². The number of halogens is 4. The fourth-order valence-electron chi connectivity index (χ4n) is 2.88. The summed E-state index contributed by atoms with van der Waals surface area (Å²) in [6.07, 6.45) is -0.883. The van der Waals surface area contributed by atoms with Crippen LogP contribution in [0.4, 0.5) is 13.2 Å². The van der Waals surface area contributed by atoms with Crippen LogP contribution in [-0.2, 0) is 11.3 Å². The molecule has 0 aliphatic carbocycles. The molecule has 0 radical (unpaired) electrons. The van der Waals surface area contributed by atoms with Gasteiger partial charge in [-0.15, -0.1) is 24.0 Å². The Bertz CT molecular complexity index is 609. The van der Waals surface area contributed by atoms with Crippen molar-refractivity contribution in [3.05, 3.63) is 23.9 Å². The molecule has 1 aliphatic heterocycles. The van der Waals surface area contributed by atoms with E-state index >= 15 is 0 Å². The van der Waals surface area contributed by atoms with Crippen molar-refractivity contribution in [3.8, 4) is 5.88 Å². The fourth-order valence-corrected chi connectivity index (χ4v) is 2.88. The molecule has 0 saturated carbocycles. The lowest BCUT2D eigenvalue weighted by atomic mass is 10.1. The largest absolute Gasteiger partial charge is 0.468 e. The second-order valence-electron chi connectivity index (χ2n) is 6.18. The summed E-state index contributed by atoms with van der Waals surface area (Å²) >= 11 is 0. The standard InChI is InChI=1S/C18H27F3N4O2.HI/c1-3-22-17(25-10-7-15(8-11-25)26-4-2)24-12-14-6-5-9-23-16(14)27-13-18(19,20)21;/h5-6,9,15H,3-4,7-8,10-13H2,1-2H3,(H,22,24);1H. The molecule has 28 heavy (non-hydrogen) atoms. The van der Waals surface area contributed by atoms with Gasteiger partial charge in [-0.2, -0.15) is 13.2 Å². The van der Waals surface area contributed by atoms with Crippen LogP contribution in [0.5, 0.6) is 5.88 Å². The summed E-state index contributed by atoms with van der Waals surface area (Å²) in [4.78, 5) is 10.6. The Labute approximate surface area is 180 Å². The molecule has 1 aliphatic rings. The second-order valence-corrected chi connectivity index (χ2v) is 6.18. The van der Waals surface area contributed by atoms with Crippen molar-refractivity contribution in [1.29, 1.82) is 0 Å². The zero-order valence-electron chi connectivity index (χ0n) is 16.2. The number of guanidine groups is 1. The van der Waals surface area contributed by atoms with E-state index in [1.54, 1.807) is 12.1 Å². The van der Waals surface area contributed by atoms with Crippen molar-refractivity contribution in [2.45, 2.75) is 45.5 Å². The first-order chi connectivity index (χ1) is 12.9. The fraction of sp³-hybridized carbons (Fsp3) is 0.667. The number of aliphatic imine (C=N–C) groups is 1. The Morgan fingerprint density at radius 3 is 2.64 bits per heavy atom. The quantitative estimate of drug-likeness (QED) is 0.341. The number of nitrogens with zero attached hydrogens (tertiary/aromatic N) is 3. The molecule has 2 heterocycles. The van der Waals surface area contributed by atoms with E-state index in [1.165, 1.54) is 6.20 Å². The third-order valence-electron chi connectivity index (χ3n) is 4.10. The summed E-state index contributed by atoms with van der Waals surface area (Å²) < 4.78 is 47.7. The van der Waals surface area contributed by atoms with Gasteiger partial charge in [-0.1, -0.05) is 6.07 Å². The van der Waals surface area contributed by atoms with Crippen LogP contribution in [0, 0.1) is 0 Å². The molecular formula is C18H28F3IN4O2. The highest BCUT2D eigenvalue weighted by atomic mass is 127. The average molecular weight is 516 g/mol. The number of alkyl halides is 3. The first kappa shape index (κ1) is 24.7. The van der Waals surface area contributed by atoms with Crippen LogP contribution in [0.15, 0.2) is 23.3 Å². The maximum absolute atomic E-state index is 12.4. The van der Waals surface area contributed by atoms with Gasteiger partial charge >= 0.3 is 6.18 Å². The Kier molecular flexibility index (Phi) is 10.9. The lowest BCUT2D eigenvalue weighted by molar-refractivity contribution is -0.154. The molecule has 0 amide bonds. The van der Waals surface area contributed by atoms with Crippen molar-refractivity contribution in [1.82, 2.24) is 15.2 Å². The molecule has 6 nitrogen and oxygen atoms in total. The Morgan fingerprint density at radius 1 is 1.32 bits per heavy atom. The van der Waals surface area contributed by atoms with Gasteiger partial charge in [-0.3, -0.25) is 0 Å². The van der Waals surface area contributed by atoms with Gasteiger partial charge in [0.25, 0.3) is 0 Å². The summed E-state index contributed by atoms with van der Waals surface area (Å²) in [5.74, 6) is 0.697. The molecule has 1 aromatic heterocycles. The van der Waals surface area contributed by atoms with E-state index in [1.807, 2.05) is 13.8 Å². The molecule has 0 spiro atoms. The van der Waals surface area contributed by atoms with Crippen LogP contribution in [0.25, 0.3) is 0 Å². The molecule has 2 rings (SSSR count). The Balaban J connectivity index is 0.00000392. The minimum Gasteiger partial charge on any atom is -0.468 e. The van der Waals surface area contributed by atoms with Crippen molar-refractivity contribution in [2.75, 3.05) is 32.8 Å². The van der Waals surface area contributed by atoms with E-state index in [-0.39, 0.29) is 42.5 Å². The molecule has 0 unspecified atom stereocenters. The van der Waals surface area contributed by atoms with Gasteiger partial charge in [-0.25, -0.2) is 9.98 Å². The Morgan fingerprint density at radius 2 is 2.04 bits per heavy atom. The molecule has 160 valence electrons. The first-order valence-corrected chi connectivity index (χ1v) is 9.21. The number of hydrogen-bond acceptors (Lipinski definition) is 4. The highest BCUT2D eigenvalue weighted by Crippen LogP contribution is 2.21. The van der Waals surface area contributed by atoms with E-state index in [4.69, 9.17) is 9.47 Å². The van der Waals surface area contributed by atoms with Gasteiger partial charge in [0.2, 0.25) is 5.88 Å². The third-order valence-corrected chi connectivity index (χ3v) is 4.10. The molecular weight excluding hydrogens is 488 g/mol. The molecule has 1 saturated heterocycles. The lowest BCUT2D eigenvalue weighted by Crippen LogP contribution is -2.47. The summed E-state index contributed by atoms with van der Waals surface area (Å²) in [6.45, 7) is 5.84. The van der Waals surface area contributed by atoms with Gasteiger partial charge in [0.1, 0.15) is 0 Å². The van der Waals surface area contributed by atoms with Crippen LogP contribution >= 0.6 is 24.0 Å². The normalized spacial score (nSPS) is 15.9. The van der Waals surface area contributed by atoms with E-state index in [0.717, 1.165) is 31.9 Å². The molecule has 0 atom stereocenters. The van der Waals surface area contributed by atoms with Gasteiger partial charge in [0.15, 0.2) is 12.6 Å². The third kappa shape index (κ3) is 8.38. The highest BCUT2D eigenvalue weighted by Gasteiger charge is 2.29. The van der Waals surface area contributed by atoms with E-state index < -0.39 is 12.8 Å². The molecule has 1 fully saturated rings. The predicted molar refractivity (Wildman–Crippen MR) is 112 cm³/mol. The highest BCUT2D eigenvalue weighted by molar-refractivity contribution is 14.0. The van der Waals surface area contributed by atoms with Crippen molar-refractivity contribution in [3.63, 3.8) is 0 Å². The maximum atomic E-state index is 12.4.